The second-order valence-corrected chi connectivity index (χ2v) is 12.2. The van der Waals surface area contributed by atoms with Gasteiger partial charge in [0, 0.05) is 47.5 Å². The van der Waals surface area contributed by atoms with E-state index >= 15 is 0 Å². The Morgan fingerprint density at radius 2 is 0.977 bits per heavy atom. The number of hydrogen-bond acceptors (Lipinski definition) is 3. The fraction of sp³-hybridized carbons (Fsp3) is 0. The Bertz CT molecular complexity index is 2680. The molecule has 0 saturated carbocycles. The molecule has 43 heavy (non-hydrogen) atoms. The van der Waals surface area contributed by atoms with Gasteiger partial charge in [-0.05, 0) is 57.4 Å². The van der Waals surface area contributed by atoms with Crippen LogP contribution in [0.4, 0.5) is 0 Å². The minimum Gasteiger partial charge on any atom is -0.456 e. The van der Waals surface area contributed by atoms with E-state index in [1.165, 1.54) is 52.8 Å². The summed E-state index contributed by atoms with van der Waals surface area (Å²) in [7, 11) is 0. The molecular weight excluding hydrogens is 545 g/mol. The molecule has 3 heteroatoms. The average Bonchev–Trinajstić information content (AvgIpc) is 3.76. The fourth-order valence-corrected chi connectivity index (χ4v) is 8.31. The van der Waals surface area contributed by atoms with Gasteiger partial charge in [0.25, 0.3) is 0 Å². The fourth-order valence-electron chi connectivity index (χ4n) is 7.09. The lowest BCUT2D eigenvalue weighted by Gasteiger charge is -2.16. The van der Waals surface area contributed by atoms with Crippen LogP contribution in [0.1, 0.15) is 0 Å². The molecule has 0 spiro atoms. The first kappa shape index (κ1) is 23.2. The molecule has 0 aliphatic carbocycles. The van der Waals surface area contributed by atoms with Gasteiger partial charge in [-0.3, -0.25) is 0 Å². The summed E-state index contributed by atoms with van der Waals surface area (Å²) in [4.78, 5) is 0. The van der Waals surface area contributed by atoms with Gasteiger partial charge in [0.15, 0.2) is 0 Å². The topological polar surface area (TPSA) is 26.3 Å². The maximum atomic E-state index is 6.71. The largest absolute Gasteiger partial charge is 0.456 e. The molecule has 200 valence electrons. The van der Waals surface area contributed by atoms with Crippen LogP contribution in [0.3, 0.4) is 0 Å². The Morgan fingerprint density at radius 1 is 0.395 bits per heavy atom. The summed E-state index contributed by atoms with van der Waals surface area (Å²) in [6.07, 6.45) is 0. The third kappa shape index (κ3) is 3.17. The third-order valence-electron chi connectivity index (χ3n) is 8.89. The first-order valence-corrected chi connectivity index (χ1v) is 15.3. The van der Waals surface area contributed by atoms with Crippen molar-refractivity contribution in [2.75, 3.05) is 0 Å². The molecule has 0 atom stereocenters. The van der Waals surface area contributed by atoms with E-state index in [0.717, 1.165) is 44.2 Å². The van der Waals surface area contributed by atoms with Gasteiger partial charge in [-0.2, -0.15) is 0 Å². The van der Waals surface area contributed by atoms with Crippen molar-refractivity contribution in [3.63, 3.8) is 0 Å². The van der Waals surface area contributed by atoms with E-state index in [9.17, 15) is 0 Å². The van der Waals surface area contributed by atoms with Crippen molar-refractivity contribution < 1.29 is 8.83 Å². The summed E-state index contributed by atoms with van der Waals surface area (Å²) in [5.74, 6) is 0.867. The molecule has 0 fully saturated rings. The molecule has 10 aromatic rings. The van der Waals surface area contributed by atoms with Crippen molar-refractivity contribution in [1.29, 1.82) is 0 Å². The Labute approximate surface area is 250 Å². The van der Waals surface area contributed by atoms with Crippen molar-refractivity contribution in [3.8, 4) is 22.5 Å². The summed E-state index contributed by atoms with van der Waals surface area (Å²) >= 11 is 1.88. The summed E-state index contributed by atoms with van der Waals surface area (Å²) in [6, 6.07) is 47.5. The predicted octanol–water partition coefficient (Wildman–Crippen LogP) is 12.3. The van der Waals surface area contributed by atoms with Crippen molar-refractivity contribution in [2.24, 2.45) is 0 Å². The van der Waals surface area contributed by atoms with Crippen molar-refractivity contribution >= 4 is 86.0 Å². The zero-order valence-corrected chi connectivity index (χ0v) is 23.7. The van der Waals surface area contributed by atoms with Crippen LogP contribution in [0.2, 0.25) is 0 Å². The summed E-state index contributed by atoms with van der Waals surface area (Å²) < 4.78 is 15.5. The molecule has 0 bridgehead atoms. The van der Waals surface area contributed by atoms with Gasteiger partial charge in [0.1, 0.15) is 22.5 Å². The smallest absolute Gasteiger partial charge is 0.136 e. The number of fused-ring (bicyclic) bond motifs is 10. The van der Waals surface area contributed by atoms with Gasteiger partial charge in [0.05, 0.1) is 0 Å². The maximum absolute atomic E-state index is 6.71. The van der Waals surface area contributed by atoms with Crippen LogP contribution in [-0.4, -0.2) is 0 Å². The van der Waals surface area contributed by atoms with Crippen LogP contribution >= 0.6 is 11.3 Å². The van der Waals surface area contributed by atoms with E-state index in [4.69, 9.17) is 8.83 Å². The molecule has 3 aromatic heterocycles. The van der Waals surface area contributed by atoms with Gasteiger partial charge in [0.2, 0.25) is 0 Å². The van der Waals surface area contributed by atoms with Crippen molar-refractivity contribution in [2.45, 2.75) is 0 Å². The van der Waals surface area contributed by atoms with E-state index < -0.39 is 0 Å². The Kier molecular flexibility index (Phi) is 4.63. The Hall–Kier alpha value is -5.38. The lowest BCUT2D eigenvalue weighted by Crippen LogP contribution is -1.90. The van der Waals surface area contributed by atoms with Crippen LogP contribution in [0.5, 0.6) is 0 Å². The predicted molar refractivity (Wildman–Crippen MR) is 182 cm³/mol. The van der Waals surface area contributed by atoms with Crippen LogP contribution < -0.4 is 0 Å². The van der Waals surface area contributed by atoms with E-state index in [-0.39, 0.29) is 0 Å². The highest BCUT2D eigenvalue weighted by molar-refractivity contribution is 7.26. The van der Waals surface area contributed by atoms with Crippen LogP contribution in [0.15, 0.2) is 142 Å². The summed E-state index contributed by atoms with van der Waals surface area (Å²) in [6.45, 7) is 0. The molecule has 0 unspecified atom stereocenters. The van der Waals surface area contributed by atoms with Gasteiger partial charge in [-0.15, -0.1) is 11.3 Å². The molecule has 3 heterocycles. The highest BCUT2D eigenvalue weighted by Gasteiger charge is 2.22. The quantitative estimate of drug-likeness (QED) is 0.195. The third-order valence-corrected chi connectivity index (χ3v) is 10.1. The molecule has 0 amide bonds. The van der Waals surface area contributed by atoms with Gasteiger partial charge >= 0.3 is 0 Å². The molecule has 10 rings (SSSR count). The normalized spacial score (nSPS) is 12.2. The molecule has 0 aliphatic rings. The lowest BCUT2D eigenvalue weighted by atomic mass is 9.87. The minimum absolute atomic E-state index is 0.862. The molecule has 0 saturated heterocycles. The molecule has 7 aromatic carbocycles. The SMILES string of the molecule is c1ccc2c(c1)oc1ccc3oc(-c4c5ccccc5c(-c5cccc6c5sc5ccccc56)c5ccccc45)cc3c12. The molecular formula is C40H22O2S. The first-order valence-electron chi connectivity index (χ1n) is 14.5. The van der Waals surface area contributed by atoms with Crippen molar-refractivity contribution in [1.82, 2.24) is 0 Å². The van der Waals surface area contributed by atoms with E-state index in [1.54, 1.807) is 0 Å². The monoisotopic (exact) mass is 566 g/mol. The zero-order valence-electron chi connectivity index (χ0n) is 22.9. The van der Waals surface area contributed by atoms with E-state index in [2.05, 4.69) is 109 Å². The van der Waals surface area contributed by atoms with Gasteiger partial charge in [-0.25, -0.2) is 0 Å². The highest BCUT2D eigenvalue weighted by atomic mass is 32.1. The molecule has 2 nitrogen and oxygen atoms in total. The molecule has 0 N–H and O–H groups in total. The van der Waals surface area contributed by atoms with Gasteiger partial charge in [-0.1, -0.05) is 103 Å². The average molecular weight is 567 g/mol. The van der Waals surface area contributed by atoms with Crippen LogP contribution in [0, 0.1) is 0 Å². The van der Waals surface area contributed by atoms with E-state index in [0.29, 0.717) is 0 Å². The number of hydrogen-bond donors (Lipinski definition) is 0. The first-order chi connectivity index (χ1) is 21.3. The second-order valence-electron chi connectivity index (χ2n) is 11.2. The number of thiophene rings is 1. The Balaban J connectivity index is 1.33. The zero-order chi connectivity index (χ0) is 28.1. The number of benzene rings is 7. The highest BCUT2D eigenvalue weighted by Crippen LogP contribution is 2.49. The van der Waals surface area contributed by atoms with E-state index in [1.807, 2.05) is 35.6 Å². The molecule has 0 radical (unpaired) electrons. The second kappa shape index (κ2) is 8.57. The summed E-state index contributed by atoms with van der Waals surface area (Å²) in [5, 5.41) is 10.7. The maximum Gasteiger partial charge on any atom is 0.136 e. The van der Waals surface area contributed by atoms with Crippen LogP contribution in [-0.2, 0) is 0 Å². The lowest BCUT2D eigenvalue weighted by molar-refractivity contribution is 0.632. The number of para-hydroxylation sites is 1. The molecule has 0 aliphatic heterocycles. The number of furan rings is 2. The minimum atomic E-state index is 0.862. The Morgan fingerprint density at radius 3 is 1.74 bits per heavy atom. The summed E-state index contributed by atoms with van der Waals surface area (Å²) in [5.41, 5.74) is 6.29. The van der Waals surface area contributed by atoms with Crippen molar-refractivity contribution in [3.05, 3.63) is 133 Å². The standard InChI is InChI=1S/C40H22O2S/c1-3-13-26-24(11-1)37(30-17-9-16-28-23-10-6-8-19-36(23)43-40(28)30)25-12-2-4-14-27(25)38(26)35-22-31-33(42-35)20-21-34-39(31)29-15-5-7-18-32(29)41-34/h1-22H. The number of rotatable bonds is 2. The van der Waals surface area contributed by atoms with Crippen LogP contribution in [0.25, 0.3) is 97.1 Å². The van der Waals surface area contributed by atoms with Gasteiger partial charge < -0.3 is 8.83 Å².